The van der Waals surface area contributed by atoms with Crippen molar-refractivity contribution in [1.29, 1.82) is 0 Å². The Labute approximate surface area is 127 Å². The Morgan fingerprint density at radius 2 is 2.19 bits per heavy atom. The van der Waals surface area contributed by atoms with Gasteiger partial charge in [0.1, 0.15) is 12.2 Å². The lowest BCUT2D eigenvalue weighted by atomic mass is 9.80. The highest BCUT2D eigenvalue weighted by Gasteiger charge is 2.62. The average Bonchev–Trinajstić information content (AvgIpc) is 2.97. The highest BCUT2D eigenvalue weighted by molar-refractivity contribution is 5.75. The Bertz CT molecular complexity index is 459. The van der Waals surface area contributed by atoms with E-state index in [4.69, 9.17) is 9.47 Å². The number of carbonyl (C=O) groups excluding carboxylic acids is 1. The van der Waals surface area contributed by atoms with Crippen LogP contribution in [-0.4, -0.2) is 49.3 Å². The zero-order chi connectivity index (χ0) is 15.2. The average molecular weight is 293 g/mol. The number of esters is 1. The summed E-state index contributed by atoms with van der Waals surface area (Å²) in [5.74, 6) is 0.247. The van der Waals surface area contributed by atoms with Gasteiger partial charge >= 0.3 is 5.97 Å². The lowest BCUT2D eigenvalue weighted by Crippen LogP contribution is -2.34. The van der Waals surface area contributed by atoms with E-state index < -0.39 is 0 Å². The predicted molar refractivity (Wildman–Crippen MR) is 80.9 cm³/mol. The van der Waals surface area contributed by atoms with Crippen LogP contribution in [0, 0.1) is 11.8 Å². The number of hydrogen-bond donors (Lipinski definition) is 0. The van der Waals surface area contributed by atoms with Crippen LogP contribution in [-0.2, 0) is 14.3 Å². The van der Waals surface area contributed by atoms with Crippen molar-refractivity contribution in [3.63, 3.8) is 0 Å². The highest BCUT2D eigenvalue weighted by Crippen LogP contribution is 2.50. The quantitative estimate of drug-likeness (QED) is 0.445. The molecule has 0 N–H and O–H groups in total. The molecule has 0 bridgehead atoms. The summed E-state index contributed by atoms with van der Waals surface area (Å²) in [4.78, 5) is 14.4. The maximum absolute atomic E-state index is 12.3. The molecular weight excluding hydrogens is 266 g/mol. The number of fused-ring (bicyclic) bond motifs is 3. The van der Waals surface area contributed by atoms with Crippen molar-refractivity contribution in [3.05, 3.63) is 11.6 Å². The van der Waals surface area contributed by atoms with Crippen LogP contribution in [0.5, 0.6) is 0 Å². The highest BCUT2D eigenvalue weighted by atomic mass is 16.6. The SMILES string of the molecule is C/C1=C\CC[C@@]2(C)O[C@@H]2[C@H]2OC(=O)[C@H](CN(C)C)C2CC1. The van der Waals surface area contributed by atoms with Crippen LogP contribution in [0.4, 0.5) is 0 Å². The molecule has 0 amide bonds. The fourth-order valence-corrected chi connectivity index (χ4v) is 3.94. The fraction of sp³-hybridized carbons (Fsp3) is 0.824. The summed E-state index contributed by atoms with van der Waals surface area (Å²) in [5.41, 5.74) is 1.34. The minimum Gasteiger partial charge on any atom is -0.459 e. The van der Waals surface area contributed by atoms with E-state index in [1.165, 1.54) is 5.57 Å². The molecular formula is C17H27NO3. The summed E-state index contributed by atoms with van der Waals surface area (Å²) in [6, 6.07) is 0. The molecule has 0 spiro atoms. The molecule has 0 saturated carbocycles. The normalized spacial score (nSPS) is 45.4. The van der Waals surface area contributed by atoms with Gasteiger partial charge in [-0.15, -0.1) is 0 Å². The third kappa shape index (κ3) is 2.88. The van der Waals surface area contributed by atoms with Crippen LogP contribution in [0.3, 0.4) is 0 Å². The first kappa shape index (κ1) is 15.0. The molecule has 0 radical (unpaired) electrons. The summed E-state index contributed by atoms with van der Waals surface area (Å²) in [6.45, 7) is 5.13. The van der Waals surface area contributed by atoms with Crippen molar-refractivity contribution in [2.75, 3.05) is 20.6 Å². The molecule has 3 rings (SSSR count). The van der Waals surface area contributed by atoms with E-state index in [2.05, 4.69) is 24.8 Å². The number of hydrogen-bond acceptors (Lipinski definition) is 4. The van der Waals surface area contributed by atoms with Crippen molar-refractivity contribution in [2.45, 2.75) is 57.3 Å². The molecule has 4 heteroatoms. The Kier molecular flexibility index (Phi) is 3.87. The lowest BCUT2D eigenvalue weighted by molar-refractivity contribution is -0.145. The summed E-state index contributed by atoms with van der Waals surface area (Å²) in [5, 5.41) is 0. The maximum Gasteiger partial charge on any atom is 0.311 e. The summed E-state index contributed by atoms with van der Waals surface area (Å²) >= 11 is 0. The predicted octanol–water partition coefficient (Wildman–Crippen LogP) is 2.38. The van der Waals surface area contributed by atoms with Gasteiger partial charge in [-0.1, -0.05) is 11.6 Å². The van der Waals surface area contributed by atoms with Gasteiger partial charge in [0, 0.05) is 12.5 Å². The van der Waals surface area contributed by atoms with E-state index in [9.17, 15) is 4.79 Å². The Hall–Kier alpha value is -0.870. The van der Waals surface area contributed by atoms with Gasteiger partial charge < -0.3 is 14.4 Å². The zero-order valence-corrected chi connectivity index (χ0v) is 13.6. The molecule has 2 saturated heterocycles. The smallest absolute Gasteiger partial charge is 0.311 e. The second-order valence-electron chi connectivity index (χ2n) is 7.41. The summed E-state index contributed by atoms with van der Waals surface area (Å²) in [6.07, 6.45) is 6.56. The van der Waals surface area contributed by atoms with E-state index in [0.29, 0.717) is 0 Å². The van der Waals surface area contributed by atoms with Crippen molar-refractivity contribution in [2.24, 2.45) is 11.8 Å². The van der Waals surface area contributed by atoms with Crippen LogP contribution in [0.1, 0.15) is 39.5 Å². The molecule has 118 valence electrons. The monoisotopic (exact) mass is 293 g/mol. The van der Waals surface area contributed by atoms with Gasteiger partial charge in [0.25, 0.3) is 0 Å². The van der Waals surface area contributed by atoms with Gasteiger partial charge in [-0.05, 0) is 53.6 Å². The number of rotatable bonds is 2. The molecule has 0 aromatic heterocycles. The van der Waals surface area contributed by atoms with E-state index in [1.807, 2.05) is 14.1 Å². The second-order valence-corrected chi connectivity index (χ2v) is 7.41. The first-order valence-electron chi connectivity index (χ1n) is 8.09. The minimum absolute atomic E-state index is 0.00863. The van der Waals surface area contributed by atoms with Crippen LogP contribution in [0.2, 0.25) is 0 Å². The third-order valence-electron chi connectivity index (χ3n) is 5.30. The van der Waals surface area contributed by atoms with E-state index in [-0.39, 0.29) is 35.6 Å². The number of carbonyl (C=O) groups is 1. The number of nitrogens with zero attached hydrogens (tertiary/aromatic N) is 1. The van der Waals surface area contributed by atoms with E-state index in [1.54, 1.807) is 0 Å². The minimum atomic E-state index is -0.0929. The van der Waals surface area contributed by atoms with Crippen LogP contribution < -0.4 is 0 Å². The van der Waals surface area contributed by atoms with E-state index in [0.717, 1.165) is 32.2 Å². The number of allylic oxidation sites excluding steroid dienone is 2. The standard InChI is InChI=1S/C17H27NO3/c1-11-6-5-9-17(2)15(21-17)14-12(8-7-11)13(10-18(3)4)16(19)20-14/h6,12-15H,5,7-10H2,1-4H3/b11-6+/t12?,13-,14+,15-,17-/m1/s1. The summed E-state index contributed by atoms with van der Waals surface area (Å²) in [7, 11) is 4.04. The second kappa shape index (κ2) is 5.40. The van der Waals surface area contributed by atoms with Crippen LogP contribution in [0.25, 0.3) is 0 Å². The van der Waals surface area contributed by atoms with Crippen molar-refractivity contribution in [3.8, 4) is 0 Å². The van der Waals surface area contributed by atoms with Crippen LogP contribution in [0.15, 0.2) is 11.6 Å². The van der Waals surface area contributed by atoms with E-state index >= 15 is 0 Å². The largest absolute Gasteiger partial charge is 0.459 e. The van der Waals surface area contributed by atoms with Crippen molar-refractivity contribution >= 4 is 5.97 Å². The first-order valence-corrected chi connectivity index (χ1v) is 8.09. The molecule has 0 aromatic carbocycles. The third-order valence-corrected chi connectivity index (χ3v) is 5.30. The molecule has 1 aliphatic carbocycles. The van der Waals surface area contributed by atoms with Gasteiger partial charge in [0.05, 0.1) is 11.5 Å². The molecule has 2 heterocycles. The van der Waals surface area contributed by atoms with Crippen molar-refractivity contribution < 1.29 is 14.3 Å². The Balaban J connectivity index is 1.83. The van der Waals surface area contributed by atoms with Gasteiger partial charge in [-0.25, -0.2) is 0 Å². The molecule has 3 aliphatic rings. The molecule has 1 unspecified atom stereocenters. The topological polar surface area (TPSA) is 42.1 Å². The fourth-order valence-electron chi connectivity index (χ4n) is 3.94. The molecule has 5 atom stereocenters. The molecule has 4 nitrogen and oxygen atoms in total. The van der Waals surface area contributed by atoms with Gasteiger partial charge in [-0.3, -0.25) is 4.79 Å². The number of epoxide rings is 1. The zero-order valence-electron chi connectivity index (χ0n) is 13.6. The molecule has 2 fully saturated rings. The lowest BCUT2D eigenvalue weighted by Gasteiger charge is -2.23. The Morgan fingerprint density at radius 3 is 2.90 bits per heavy atom. The van der Waals surface area contributed by atoms with Crippen LogP contribution >= 0.6 is 0 Å². The first-order chi connectivity index (χ1) is 9.90. The molecule has 21 heavy (non-hydrogen) atoms. The van der Waals surface area contributed by atoms with Gasteiger partial charge in [0.2, 0.25) is 0 Å². The molecule has 2 aliphatic heterocycles. The summed E-state index contributed by atoms with van der Waals surface area (Å²) < 4.78 is 11.7. The van der Waals surface area contributed by atoms with Gasteiger partial charge in [-0.2, -0.15) is 0 Å². The number of ether oxygens (including phenoxy) is 2. The maximum atomic E-state index is 12.3. The van der Waals surface area contributed by atoms with Gasteiger partial charge in [0.15, 0.2) is 0 Å². The van der Waals surface area contributed by atoms with Crippen molar-refractivity contribution in [1.82, 2.24) is 4.90 Å². The Morgan fingerprint density at radius 1 is 1.43 bits per heavy atom. The molecule has 0 aromatic rings.